The van der Waals surface area contributed by atoms with Gasteiger partial charge in [-0.15, -0.1) is 0 Å². The summed E-state index contributed by atoms with van der Waals surface area (Å²) in [4.78, 5) is 22.2. The molecule has 7 nitrogen and oxygen atoms in total. The fraction of sp³-hybridized carbons (Fsp3) is 0.292. The van der Waals surface area contributed by atoms with E-state index in [2.05, 4.69) is 31.2 Å². The van der Waals surface area contributed by atoms with Crippen molar-refractivity contribution in [3.8, 4) is 11.5 Å². The van der Waals surface area contributed by atoms with Crippen LogP contribution < -0.4 is 19.8 Å². The maximum absolute atomic E-state index is 11.1. The quantitative estimate of drug-likeness (QED) is 0.433. The summed E-state index contributed by atoms with van der Waals surface area (Å²) in [7, 11) is 0. The first-order valence-electron chi connectivity index (χ1n) is 10.2. The van der Waals surface area contributed by atoms with Crippen LogP contribution >= 0.6 is 0 Å². The molecule has 0 radical (unpaired) electrons. The monoisotopic (exact) mass is 419 g/mol. The smallest absolute Gasteiger partial charge is 0.211 e. The molecule has 1 heterocycles. The lowest BCUT2D eigenvalue weighted by molar-refractivity contribution is -0.105. The van der Waals surface area contributed by atoms with E-state index in [1.54, 1.807) is 5.01 Å². The van der Waals surface area contributed by atoms with E-state index in [1.807, 2.05) is 36.4 Å². The Bertz CT molecular complexity index is 1090. The molecule has 0 fully saturated rings. The second-order valence-corrected chi connectivity index (χ2v) is 8.25. The van der Waals surface area contributed by atoms with Crippen molar-refractivity contribution in [2.45, 2.75) is 32.6 Å². The van der Waals surface area contributed by atoms with Crippen molar-refractivity contribution in [2.24, 2.45) is 5.10 Å². The number of ether oxygens (including phenoxy) is 2. The first kappa shape index (κ1) is 20.7. The molecule has 31 heavy (non-hydrogen) atoms. The molecule has 1 N–H and O–H groups in total. The Balaban J connectivity index is 1.89. The first-order chi connectivity index (χ1) is 14.9. The van der Waals surface area contributed by atoms with Gasteiger partial charge >= 0.3 is 0 Å². The molecule has 2 aliphatic rings. The molecule has 0 saturated carbocycles. The van der Waals surface area contributed by atoms with E-state index in [0.29, 0.717) is 43.1 Å². The van der Waals surface area contributed by atoms with E-state index in [9.17, 15) is 9.59 Å². The van der Waals surface area contributed by atoms with Crippen molar-refractivity contribution in [3.05, 3.63) is 53.1 Å². The van der Waals surface area contributed by atoms with Gasteiger partial charge < -0.3 is 14.8 Å². The van der Waals surface area contributed by atoms with E-state index in [0.717, 1.165) is 34.5 Å². The van der Waals surface area contributed by atoms with Gasteiger partial charge in [-0.1, -0.05) is 19.9 Å². The Kier molecular flexibility index (Phi) is 5.50. The van der Waals surface area contributed by atoms with E-state index in [4.69, 9.17) is 9.47 Å². The average molecular weight is 419 g/mol. The summed E-state index contributed by atoms with van der Waals surface area (Å²) < 4.78 is 11.4. The van der Waals surface area contributed by atoms with E-state index in [-0.39, 0.29) is 5.41 Å². The third-order valence-corrected chi connectivity index (χ3v) is 5.57. The van der Waals surface area contributed by atoms with Crippen LogP contribution in [0.4, 0.5) is 11.4 Å². The normalized spacial score (nSPS) is 16.6. The minimum atomic E-state index is -0.0878. The van der Waals surface area contributed by atoms with Gasteiger partial charge in [-0.05, 0) is 54.2 Å². The van der Waals surface area contributed by atoms with Gasteiger partial charge in [0.1, 0.15) is 13.2 Å². The highest BCUT2D eigenvalue weighted by molar-refractivity contribution is 6.13. The van der Waals surface area contributed by atoms with Gasteiger partial charge in [-0.25, -0.2) is 5.01 Å². The van der Waals surface area contributed by atoms with Gasteiger partial charge in [0.2, 0.25) is 6.41 Å². The lowest BCUT2D eigenvalue weighted by Gasteiger charge is -2.38. The van der Waals surface area contributed by atoms with Crippen LogP contribution in [0.3, 0.4) is 0 Å². The van der Waals surface area contributed by atoms with Crippen molar-refractivity contribution in [3.63, 3.8) is 0 Å². The van der Waals surface area contributed by atoms with Gasteiger partial charge in [0, 0.05) is 17.3 Å². The van der Waals surface area contributed by atoms with Gasteiger partial charge in [0.25, 0.3) is 0 Å². The van der Waals surface area contributed by atoms with Crippen molar-refractivity contribution in [1.29, 1.82) is 0 Å². The molecule has 0 atom stereocenters. The van der Waals surface area contributed by atoms with Crippen LogP contribution in [0.5, 0.6) is 11.5 Å². The SMILES string of the molecule is CC1=C(N(/N=C/C=O)c2ccc3c(c2)OCCO3)c2cc(NC=O)ccc2C(C)(C)C1. The fourth-order valence-corrected chi connectivity index (χ4v) is 4.37. The molecular formula is C24H25N3O4. The van der Waals surface area contributed by atoms with Crippen molar-refractivity contribution < 1.29 is 19.1 Å². The second-order valence-electron chi connectivity index (χ2n) is 8.25. The highest BCUT2D eigenvalue weighted by Crippen LogP contribution is 2.46. The van der Waals surface area contributed by atoms with Crippen LogP contribution in [0.1, 0.15) is 38.3 Å². The maximum Gasteiger partial charge on any atom is 0.211 e. The Morgan fingerprint density at radius 2 is 1.84 bits per heavy atom. The molecular weight excluding hydrogens is 394 g/mol. The Morgan fingerprint density at radius 3 is 2.58 bits per heavy atom. The number of nitrogens with one attached hydrogen (secondary N) is 1. The van der Waals surface area contributed by atoms with Crippen LogP contribution in [-0.2, 0) is 15.0 Å². The molecule has 0 unspecified atom stereocenters. The summed E-state index contributed by atoms with van der Waals surface area (Å²) in [5, 5.41) is 8.93. The summed E-state index contributed by atoms with van der Waals surface area (Å²) in [6.45, 7) is 7.46. The summed E-state index contributed by atoms with van der Waals surface area (Å²) in [5.74, 6) is 1.32. The summed E-state index contributed by atoms with van der Waals surface area (Å²) in [5.41, 5.74) is 5.45. The molecule has 1 amide bonds. The zero-order chi connectivity index (χ0) is 22.0. The Hall–Kier alpha value is -3.61. The standard InChI is InChI=1S/C24H25N3O4/c1-16-14-24(2,3)20-6-4-17(25-15-29)12-19(20)23(16)27(26-8-9-28)18-5-7-21-22(13-18)31-11-10-30-21/h4-9,12-13,15H,10-11,14H2,1-3H3,(H,25,29)/b26-8+. The molecule has 2 aromatic rings. The zero-order valence-electron chi connectivity index (χ0n) is 17.8. The van der Waals surface area contributed by atoms with Gasteiger partial charge in [-0.3, -0.25) is 9.59 Å². The number of aldehydes is 1. The van der Waals surface area contributed by atoms with Crippen LogP contribution in [0.25, 0.3) is 5.70 Å². The zero-order valence-corrected chi connectivity index (χ0v) is 17.8. The fourth-order valence-electron chi connectivity index (χ4n) is 4.37. The molecule has 0 aromatic heterocycles. The van der Waals surface area contributed by atoms with E-state index in [1.165, 1.54) is 6.21 Å². The molecule has 1 aliphatic carbocycles. The average Bonchev–Trinajstić information content (AvgIpc) is 2.75. The van der Waals surface area contributed by atoms with Crippen LogP contribution in [0.15, 0.2) is 47.1 Å². The lowest BCUT2D eigenvalue weighted by Crippen LogP contribution is -2.29. The molecule has 2 aromatic carbocycles. The second kappa shape index (κ2) is 8.26. The van der Waals surface area contributed by atoms with Gasteiger partial charge in [-0.2, -0.15) is 5.10 Å². The van der Waals surface area contributed by atoms with Crippen LogP contribution in [0, 0.1) is 0 Å². The first-order valence-corrected chi connectivity index (χ1v) is 10.2. The lowest BCUT2D eigenvalue weighted by atomic mass is 9.72. The van der Waals surface area contributed by atoms with Crippen LogP contribution in [0.2, 0.25) is 0 Å². The minimum absolute atomic E-state index is 0.0878. The number of carbonyl (C=O) groups excluding carboxylic acids is 2. The highest BCUT2D eigenvalue weighted by Gasteiger charge is 2.34. The van der Waals surface area contributed by atoms with Crippen molar-refractivity contribution >= 4 is 36.0 Å². The predicted molar refractivity (Wildman–Crippen MR) is 121 cm³/mol. The van der Waals surface area contributed by atoms with Gasteiger partial charge in [0.15, 0.2) is 17.8 Å². The highest BCUT2D eigenvalue weighted by atomic mass is 16.6. The summed E-state index contributed by atoms with van der Waals surface area (Å²) >= 11 is 0. The third-order valence-electron chi connectivity index (χ3n) is 5.57. The number of allylic oxidation sites excluding steroid dienone is 1. The summed E-state index contributed by atoms with van der Waals surface area (Å²) in [6, 6.07) is 11.5. The van der Waals surface area contributed by atoms with Gasteiger partial charge in [0.05, 0.1) is 17.6 Å². The van der Waals surface area contributed by atoms with Crippen molar-refractivity contribution in [1.82, 2.24) is 0 Å². The number of amides is 1. The number of carbonyl (C=O) groups is 2. The number of hydrogen-bond acceptors (Lipinski definition) is 6. The molecule has 4 rings (SSSR count). The Morgan fingerprint density at radius 1 is 1.06 bits per heavy atom. The van der Waals surface area contributed by atoms with E-state index >= 15 is 0 Å². The largest absolute Gasteiger partial charge is 0.486 e. The summed E-state index contributed by atoms with van der Waals surface area (Å²) in [6.07, 6.45) is 3.37. The number of fused-ring (bicyclic) bond motifs is 2. The number of rotatable bonds is 6. The van der Waals surface area contributed by atoms with E-state index < -0.39 is 0 Å². The molecule has 0 bridgehead atoms. The topological polar surface area (TPSA) is 80.2 Å². The molecule has 160 valence electrons. The predicted octanol–water partition coefficient (Wildman–Crippen LogP) is 4.13. The molecule has 0 spiro atoms. The third kappa shape index (κ3) is 3.91. The molecule has 0 saturated heterocycles. The van der Waals surface area contributed by atoms with Crippen molar-refractivity contribution in [2.75, 3.05) is 23.5 Å². The number of hydrogen-bond donors (Lipinski definition) is 1. The minimum Gasteiger partial charge on any atom is -0.486 e. The number of hydrazone groups is 1. The Labute approximate surface area is 181 Å². The molecule has 1 aliphatic heterocycles. The number of benzene rings is 2. The number of nitrogens with zero attached hydrogens (tertiary/aromatic N) is 2. The molecule has 7 heteroatoms. The number of anilines is 2. The maximum atomic E-state index is 11.1. The van der Waals surface area contributed by atoms with Crippen LogP contribution in [-0.4, -0.2) is 32.1 Å².